The van der Waals surface area contributed by atoms with Crippen LogP contribution in [-0.2, 0) is 9.53 Å². The molecule has 0 aliphatic carbocycles. The molecule has 1 saturated heterocycles. The van der Waals surface area contributed by atoms with Crippen LogP contribution >= 0.6 is 0 Å². The van der Waals surface area contributed by atoms with E-state index in [2.05, 4.69) is 15.6 Å². The second-order valence-electron chi connectivity index (χ2n) is 10.1. The minimum Gasteiger partial charge on any atom is -0.444 e. The van der Waals surface area contributed by atoms with Crippen molar-refractivity contribution >= 4 is 30.1 Å². The number of anilines is 1. The Kier molecular flexibility index (Phi) is 7.99. The maximum absolute atomic E-state index is 13.0. The summed E-state index contributed by atoms with van der Waals surface area (Å²) in [4.78, 5) is 68.3. The van der Waals surface area contributed by atoms with Gasteiger partial charge in [-0.3, -0.25) is 19.5 Å². The first-order valence-corrected chi connectivity index (χ1v) is 11.8. The van der Waals surface area contributed by atoms with Crippen molar-refractivity contribution in [2.24, 2.45) is 0 Å². The number of nitrogens with one attached hydrogen (secondary N) is 2. The number of piperazine rings is 1. The maximum Gasteiger partial charge on any atom is 0.408 e. The minimum absolute atomic E-state index is 0.0824. The van der Waals surface area contributed by atoms with Gasteiger partial charge in [0, 0.05) is 37.9 Å². The molecular formula is C25H32N6O6. The molecule has 0 radical (unpaired) electrons. The maximum atomic E-state index is 13.0. The van der Waals surface area contributed by atoms with Crippen LogP contribution in [0.3, 0.4) is 0 Å². The van der Waals surface area contributed by atoms with E-state index in [-0.39, 0.29) is 37.9 Å². The molecule has 12 nitrogen and oxygen atoms in total. The van der Waals surface area contributed by atoms with E-state index in [0.29, 0.717) is 17.5 Å². The molecule has 1 aromatic heterocycles. The summed E-state index contributed by atoms with van der Waals surface area (Å²) >= 11 is 0. The molecule has 1 aromatic carbocycles. The van der Waals surface area contributed by atoms with E-state index in [0.717, 1.165) is 0 Å². The average molecular weight is 513 g/mol. The van der Waals surface area contributed by atoms with Crippen LogP contribution in [0.5, 0.6) is 0 Å². The number of aromatic nitrogens is 2. The van der Waals surface area contributed by atoms with Gasteiger partial charge in [-0.05, 0) is 52.8 Å². The van der Waals surface area contributed by atoms with E-state index < -0.39 is 29.0 Å². The standard InChI is InChI=1S/C25H32N6O6/c1-24(2,3)37-23(36)28-25(4,5)20(33)29-11-13-30(14-12-29)21(34)26-19-9-10-31(22(35)27-19)18-8-6-7-17(15-18)16-32/h6-10,15-16H,11-14H2,1-5H3,(H,28,36)(H,26,27,34,35). The lowest BCUT2D eigenvalue weighted by Crippen LogP contribution is -2.60. The number of aldehydes is 1. The molecule has 2 N–H and O–H groups in total. The highest BCUT2D eigenvalue weighted by Gasteiger charge is 2.36. The quantitative estimate of drug-likeness (QED) is 0.584. The van der Waals surface area contributed by atoms with E-state index in [9.17, 15) is 24.0 Å². The number of nitrogens with zero attached hydrogens (tertiary/aromatic N) is 4. The molecule has 1 aliphatic rings. The Balaban J connectivity index is 1.56. The molecule has 1 fully saturated rings. The van der Waals surface area contributed by atoms with Crippen molar-refractivity contribution < 1.29 is 23.9 Å². The lowest BCUT2D eigenvalue weighted by atomic mass is 10.0. The Morgan fingerprint density at radius 1 is 1.00 bits per heavy atom. The Labute approximate surface area is 214 Å². The normalized spacial score (nSPS) is 14.1. The first kappa shape index (κ1) is 27.4. The zero-order valence-corrected chi connectivity index (χ0v) is 21.6. The third kappa shape index (κ3) is 7.15. The monoisotopic (exact) mass is 512 g/mol. The number of alkyl carbamates (subject to hydrolysis) is 1. The van der Waals surface area contributed by atoms with E-state index in [1.807, 2.05) is 0 Å². The molecule has 198 valence electrons. The third-order valence-electron chi connectivity index (χ3n) is 5.53. The molecule has 0 unspecified atom stereocenters. The van der Waals surface area contributed by atoms with Crippen molar-refractivity contribution in [2.45, 2.75) is 45.8 Å². The smallest absolute Gasteiger partial charge is 0.408 e. The number of ether oxygens (including phenoxy) is 1. The lowest BCUT2D eigenvalue weighted by molar-refractivity contribution is -0.138. The van der Waals surface area contributed by atoms with Crippen LogP contribution in [0.15, 0.2) is 41.3 Å². The molecule has 4 amide bonds. The predicted molar refractivity (Wildman–Crippen MR) is 136 cm³/mol. The SMILES string of the molecule is CC(C)(C)OC(=O)NC(C)(C)C(=O)N1CCN(C(=O)Nc2ccn(-c3cccc(C=O)c3)c(=O)n2)CC1. The van der Waals surface area contributed by atoms with Crippen LogP contribution in [0.4, 0.5) is 15.4 Å². The highest BCUT2D eigenvalue weighted by atomic mass is 16.6. The van der Waals surface area contributed by atoms with Crippen LogP contribution in [0.2, 0.25) is 0 Å². The molecule has 12 heteroatoms. The minimum atomic E-state index is -1.19. The third-order valence-corrected chi connectivity index (χ3v) is 5.53. The number of hydrogen-bond acceptors (Lipinski definition) is 7. The summed E-state index contributed by atoms with van der Waals surface area (Å²) < 4.78 is 6.51. The number of carbonyl (C=O) groups is 4. The van der Waals surface area contributed by atoms with E-state index in [1.165, 1.54) is 21.7 Å². The number of carbonyl (C=O) groups excluding carboxylic acids is 4. The summed E-state index contributed by atoms with van der Waals surface area (Å²) in [5.74, 6) is -0.207. The van der Waals surface area contributed by atoms with Gasteiger partial charge in [0.2, 0.25) is 5.91 Å². The van der Waals surface area contributed by atoms with Crippen LogP contribution in [0, 0.1) is 0 Å². The Morgan fingerprint density at radius 2 is 1.65 bits per heavy atom. The van der Waals surface area contributed by atoms with Gasteiger partial charge < -0.3 is 19.9 Å². The van der Waals surface area contributed by atoms with Crippen LogP contribution in [0.1, 0.15) is 45.0 Å². The molecular weight excluding hydrogens is 480 g/mol. The van der Waals surface area contributed by atoms with Crippen molar-refractivity contribution in [3.05, 3.63) is 52.6 Å². The fourth-order valence-corrected chi connectivity index (χ4v) is 3.73. The van der Waals surface area contributed by atoms with Crippen LogP contribution in [-0.4, -0.2) is 81.0 Å². The average Bonchev–Trinajstić information content (AvgIpc) is 2.82. The van der Waals surface area contributed by atoms with Crippen molar-refractivity contribution in [1.29, 1.82) is 0 Å². The molecule has 3 rings (SSSR count). The van der Waals surface area contributed by atoms with E-state index in [4.69, 9.17) is 4.74 Å². The summed E-state index contributed by atoms with van der Waals surface area (Å²) in [6.07, 6.45) is 1.46. The fraction of sp³-hybridized carbons (Fsp3) is 0.440. The predicted octanol–water partition coefficient (Wildman–Crippen LogP) is 2.02. The Bertz CT molecular complexity index is 1240. The summed E-state index contributed by atoms with van der Waals surface area (Å²) in [5.41, 5.74) is -1.60. The highest BCUT2D eigenvalue weighted by molar-refractivity contribution is 5.90. The molecule has 2 aromatic rings. The second-order valence-corrected chi connectivity index (χ2v) is 10.1. The number of amides is 4. The molecule has 0 bridgehead atoms. The van der Waals surface area contributed by atoms with Crippen molar-refractivity contribution in [3.8, 4) is 5.69 Å². The molecule has 0 spiro atoms. The Hall–Kier alpha value is -4.22. The van der Waals surface area contributed by atoms with Gasteiger partial charge >= 0.3 is 17.8 Å². The van der Waals surface area contributed by atoms with Gasteiger partial charge in [0.15, 0.2) is 0 Å². The fourth-order valence-electron chi connectivity index (χ4n) is 3.73. The highest BCUT2D eigenvalue weighted by Crippen LogP contribution is 2.15. The summed E-state index contributed by atoms with van der Waals surface area (Å²) in [5, 5.41) is 5.21. The first-order chi connectivity index (χ1) is 17.3. The number of hydrogen-bond donors (Lipinski definition) is 2. The zero-order chi connectivity index (χ0) is 27.4. The lowest BCUT2D eigenvalue weighted by Gasteiger charge is -2.38. The van der Waals surface area contributed by atoms with Gasteiger partial charge in [0.05, 0.1) is 5.69 Å². The molecule has 0 saturated carbocycles. The van der Waals surface area contributed by atoms with E-state index >= 15 is 0 Å². The van der Waals surface area contributed by atoms with Crippen LogP contribution < -0.4 is 16.3 Å². The van der Waals surface area contributed by atoms with Gasteiger partial charge in [-0.25, -0.2) is 14.4 Å². The number of rotatable bonds is 5. The summed E-state index contributed by atoms with van der Waals surface area (Å²) in [7, 11) is 0. The van der Waals surface area contributed by atoms with Crippen LogP contribution in [0.25, 0.3) is 5.69 Å². The van der Waals surface area contributed by atoms with Crippen molar-refractivity contribution in [3.63, 3.8) is 0 Å². The zero-order valence-electron chi connectivity index (χ0n) is 21.6. The van der Waals surface area contributed by atoms with Crippen molar-refractivity contribution in [1.82, 2.24) is 24.7 Å². The van der Waals surface area contributed by atoms with Gasteiger partial charge in [-0.15, -0.1) is 0 Å². The van der Waals surface area contributed by atoms with Gasteiger partial charge in [-0.1, -0.05) is 12.1 Å². The summed E-state index contributed by atoms with van der Waals surface area (Å²) in [6.45, 7) is 9.47. The van der Waals surface area contributed by atoms with E-state index in [1.54, 1.807) is 63.8 Å². The Morgan fingerprint density at radius 3 is 2.24 bits per heavy atom. The molecule has 37 heavy (non-hydrogen) atoms. The topological polar surface area (TPSA) is 143 Å². The summed E-state index contributed by atoms with van der Waals surface area (Å²) in [6, 6.07) is 7.53. The molecule has 0 atom stereocenters. The first-order valence-electron chi connectivity index (χ1n) is 11.8. The second kappa shape index (κ2) is 10.8. The van der Waals surface area contributed by atoms with Gasteiger partial charge in [-0.2, -0.15) is 4.98 Å². The van der Waals surface area contributed by atoms with Gasteiger partial charge in [0.1, 0.15) is 23.2 Å². The van der Waals surface area contributed by atoms with Crippen molar-refractivity contribution in [2.75, 3.05) is 31.5 Å². The number of urea groups is 1. The largest absolute Gasteiger partial charge is 0.444 e. The number of benzene rings is 1. The molecule has 2 heterocycles. The van der Waals surface area contributed by atoms with Gasteiger partial charge in [0.25, 0.3) is 0 Å². The molecule has 1 aliphatic heterocycles.